The molecule has 0 N–H and O–H groups in total. The topological polar surface area (TPSA) is 47.2 Å². The van der Waals surface area contributed by atoms with Crippen molar-refractivity contribution in [2.45, 2.75) is 31.2 Å². The summed E-state index contributed by atoms with van der Waals surface area (Å²) in [7, 11) is 1.86. The third-order valence-electron chi connectivity index (χ3n) is 4.03. The molecular weight excluding hydrogens is 262 g/mol. The first kappa shape index (κ1) is 12.4. The number of hydrogen-bond donors (Lipinski definition) is 0. The molecule has 1 aromatic heterocycles. The van der Waals surface area contributed by atoms with Crippen molar-refractivity contribution in [2.75, 3.05) is 0 Å². The van der Waals surface area contributed by atoms with Crippen LogP contribution in [0.2, 0.25) is 5.15 Å². The first-order valence-corrected chi connectivity index (χ1v) is 6.76. The van der Waals surface area contributed by atoms with Crippen LogP contribution in [0.5, 0.6) is 0 Å². The van der Waals surface area contributed by atoms with Gasteiger partial charge in [-0.25, -0.2) is 4.79 Å². The fourth-order valence-corrected chi connectivity index (χ4v) is 3.29. The molecule has 4 nitrogen and oxygen atoms in total. The first-order chi connectivity index (χ1) is 9.16. The van der Waals surface area contributed by atoms with Gasteiger partial charge in [-0.2, -0.15) is 10.1 Å². The van der Waals surface area contributed by atoms with Gasteiger partial charge in [-0.3, -0.25) is 4.68 Å². The molecule has 1 aliphatic rings. The van der Waals surface area contributed by atoms with Crippen molar-refractivity contribution in [2.24, 2.45) is 12.0 Å². The molecule has 3 rings (SSSR count). The van der Waals surface area contributed by atoms with Crippen LogP contribution in [-0.2, 0) is 17.4 Å². The molecule has 0 amide bonds. The highest BCUT2D eigenvalue weighted by atomic mass is 35.5. The highest BCUT2D eigenvalue weighted by molar-refractivity contribution is 6.34. The molecule has 1 heterocycles. The van der Waals surface area contributed by atoms with Crippen molar-refractivity contribution in [1.82, 2.24) is 9.78 Å². The average Bonchev–Trinajstić information content (AvgIpc) is 2.97. The zero-order valence-electron chi connectivity index (χ0n) is 10.7. The van der Waals surface area contributed by atoms with Gasteiger partial charge in [0.2, 0.25) is 6.08 Å². The normalized spacial score (nSPS) is 17.6. The lowest BCUT2D eigenvalue weighted by Gasteiger charge is -2.22. The largest absolute Gasteiger partial charge is 0.266 e. The lowest BCUT2D eigenvalue weighted by molar-refractivity contribution is 0.456. The van der Waals surface area contributed by atoms with Gasteiger partial charge >= 0.3 is 0 Å². The molecule has 0 radical (unpaired) electrons. The highest BCUT2D eigenvalue weighted by Crippen LogP contribution is 2.43. The van der Waals surface area contributed by atoms with Gasteiger partial charge in [-0.05, 0) is 30.5 Å². The molecule has 0 aliphatic heterocycles. The van der Waals surface area contributed by atoms with Crippen LogP contribution in [0, 0.1) is 0 Å². The molecule has 1 saturated carbocycles. The third kappa shape index (κ3) is 1.88. The van der Waals surface area contributed by atoms with Crippen LogP contribution in [0.3, 0.4) is 0 Å². The Morgan fingerprint density at radius 1 is 1.42 bits per heavy atom. The maximum Gasteiger partial charge on any atom is 0.235 e. The van der Waals surface area contributed by atoms with Crippen molar-refractivity contribution in [3.05, 3.63) is 28.9 Å². The molecular formula is C14H14ClN3O. The number of aryl methyl sites for hydroxylation is 1. The molecule has 0 atom stereocenters. The summed E-state index contributed by atoms with van der Waals surface area (Å²) < 4.78 is 1.76. The van der Waals surface area contributed by atoms with Gasteiger partial charge in [0, 0.05) is 12.4 Å². The molecule has 2 aromatic rings. The van der Waals surface area contributed by atoms with E-state index in [1.165, 1.54) is 0 Å². The summed E-state index contributed by atoms with van der Waals surface area (Å²) >= 11 is 6.14. The number of nitrogens with zero attached hydrogens (tertiary/aromatic N) is 3. The fourth-order valence-electron chi connectivity index (χ4n) is 3.02. The van der Waals surface area contributed by atoms with Crippen molar-refractivity contribution >= 4 is 28.6 Å². The van der Waals surface area contributed by atoms with Crippen molar-refractivity contribution in [3.8, 4) is 0 Å². The molecule has 0 bridgehead atoms. The number of carbonyl (C=O) groups excluding carboxylic acids is 1. The van der Waals surface area contributed by atoms with E-state index in [9.17, 15) is 4.79 Å². The predicted octanol–water partition coefficient (Wildman–Crippen LogP) is 3.33. The minimum Gasteiger partial charge on any atom is -0.266 e. The quantitative estimate of drug-likeness (QED) is 0.623. The number of aliphatic imine (C=N–C) groups is 1. The van der Waals surface area contributed by atoms with Crippen LogP contribution in [0.4, 0.5) is 0 Å². The second-order valence-corrected chi connectivity index (χ2v) is 5.45. The van der Waals surface area contributed by atoms with Gasteiger partial charge in [0.1, 0.15) is 0 Å². The van der Waals surface area contributed by atoms with Gasteiger partial charge in [0.25, 0.3) is 0 Å². The Morgan fingerprint density at radius 2 is 2.16 bits per heavy atom. The summed E-state index contributed by atoms with van der Waals surface area (Å²) in [4.78, 5) is 14.8. The van der Waals surface area contributed by atoms with E-state index in [-0.39, 0.29) is 0 Å². The number of fused-ring (bicyclic) bond motifs is 1. The summed E-state index contributed by atoms with van der Waals surface area (Å²) in [6.07, 6.45) is 5.70. The van der Waals surface area contributed by atoms with E-state index in [1.807, 2.05) is 25.2 Å². The van der Waals surface area contributed by atoms with E-state index in [0.29, 0.717) is 5.15 Å². The first-order valence-electron chi connectivity index (χ1n) is 6.38. The summed E-state index contributed by atoms with van der Waals surface area (Å²) in [5, 5.41) is 5.60. The second kappa shape index (κ2) is 4.48. The Hall–Kier alpha value is -1.64. The number of halogens is 1. The third-order valence-corrected chi connectivity index (χ3v) is 4.31. The lowest BCUT2D eigenvalue weighted by Crippen LogP contribution is -2.18. The van der Waals surface area contributed by atoms with Crippen LogP contribution in [0.15, 0.2) is 23.2 Å². The van der Waals surface area contributed by atoms with Gasteiger partial charge < -0.3 is 0 Å². The zero-order chi connectivity index (χ0) is 13.5. The number of aromatic nitrogens is 2. The molecule has 1 aliphatic carbocycles. The van der Waals surface area contributed by atoms with E-state index in [0.717, 1.165) is 42.1 Å². The minimum atomic E-state index is -0.408. The Kier molecular flexibility index (Phi) is 2.92. The summed E-state index contributed by atoms with van der Waals surface area (Å²) in [6, 6.07) is 6.02. The van der Waals surface area contributed by atoms with Gasteiger partial charge in [-0.1, -0.05) is 30.5 Å². The SMILES string of the molecule is Cn1nc(Cl)c2cc(C3(N=C=O)CCCC3)ccc21. The van der Waals surface area contributed by atoms with Crippen molar-refractivity contribution in [1.29, 1.82) is 0 Å². The fraction of sp³-hybridized carbons (Fsp3) is 0.429. The van der Waals surface area contributed by atoms with Crippen LogP contribution in [0.25, 0.3) is 10.9 Å². The maximum atomic E-state index is 10.7. The van der Waals surface area contributed by atoms with Crippen LogP contribution < -0.4 is 0 Å². The molecule has 0 saturated heterocycles. The van der Waals surface area contributed by atoms with Gasteiger partial charge in [-0.15, -0.1) is 0 Å². The summed E-state index contributed by atoms with van der Waals surface area (Å²) in [6.45, 7) is 0. The second-order valence-electron chi connectivity index (χ2n) is 5.09. The van der Waals surface area contributed by atoms with E-state index in [1.54, 1.807) is 10.8 Å². The molecule has 98 valence electrons. The average molecular weight is 276 g/mol. The number of benzene rings is 1. The lowest BCUT2D eigenvalue weighted by atomic mass is 9.88. The van der Waals surface area contributed by atoms with Gasteiger partial charge in [0.15, 0.2) is 5.15 Å². The van der Waals surface area contributed by atoms with Crippen molar-refractivity contribution in [3.63, 3.8) is 0 Å². The van der Waals surface area contributed by atoms with E-state index >= 15 is 0 Å². The molecule has 1 fully saturated rings. The Labute approximate surface area is 116 Å². The van der Waals surface area contributed by atoms with E-state index in [4.69, 9.17) is 11.6 Å². The molecule has 5 heteroatoms. The number of rotatable bonds is 2. The molecule has 1 aromatic carbocycles. The van der Waals surface area contributed by atoms with Crippen LogP contribution in [-0.4, -0.2) is 15.9 Å². The molecule has 0 spiro atoms. The maximum absolute atomic E-state index is 10.7. The highest BCUT2D eigenvalue weighted by Gasteiger charge is 2.35. The monoisotopic (exact) mass is 275 g/mol. The Morgan fingerprint density at radius 3 is 2.84 bits per heavy atom. The standard InChI is InChI=1S/C14H14ClN3O/c1-18-12-5-4-10(8-11(12)13(15)17-18)14(16-9-19)6-2-3-7-14/h4-5,8H,2-3,6-7H2,1H3. The minimum absolute atomic E-state index is 0.408. The van der Waals surface area contributed by atoms with Crippen LogP contribution in [0.1, 0.15) is 31.2 Å². The van der Waals surface area contributed by atoms with E-state index in [2.05, 4.69) is 10.1 Å². The Bertz CT molecular complexity index is 679. The van der Waals surface area contributed by atoms with Crippen molar-refractivity contribution < 1.29 is 4.79 Å². The van der Waals surface area contributed by atoms with Crippen LogP contribution >= 0.6 is 11.6 Å². The smallest absolute Gasteiger partial charge is 0.235 e. The van der Waals surface area contributed by atoms with E-state index < -0.39 is 5.54 Å². The van der Waals surface area contributed by atoms with Gasteiger partial charge in [0.05, 0.1) is 11.1 Å². The zero-order valence-corrected chi connectivity index (χ0v) is 11.4. The summed E-state index contributed by atoms with van der Waals surface area (Å²) in [5.74, 6) is 0. The number of hydrogen-bond acceptors (Lipinski definition) is 3. The molecule has 0 unspecified atom stereocenters. The predicted molar refractivity (Wildman–Crippen MR) is 74.0 cm³/mol. The molecule has 19 heavy (non-hydrogen) atoms. The Balaban J connectivity index is 2.19. The summed E-state index contributed by atoms with van der Waals surface area (Å²) in [5.41, 5.74) is 1.61. The number of isocyanates is 1.